The van der Waals surface area contributed by atoms with Crippen LogP contribution in [0, 0.1) is 5.92 Å². The summed E-state index contributed by atoms with van der Waals surface area (Å²) >= 11 is 0. The molecule has 4 heteroatoms. The van der Waals surface area contributed by atoms with E-state index in [1.54, 1.807) is 0 Å². The monoisotopic (exact) mass is 240 g/mol. The molecule has 2 unspecified atom stereocenters. The van der Waals surface area contributed by atoms with E-state index in [2.05, 4.69) is 0 Å². The van der Waals surface area contributed by atoms with Gasteiger partial charge in [-0.3, -0.25) is 4.79 Å². The van der Waals surface area contributed by atoms with Gasteiger partial charge in [0.05, 0.1) is 11.7 Å². The summed E-state index contributed by atoms with van der Waals surface area (Å²) in [4.78, 5) is 14.1. The number of rotatable bonds is 3. The molecule has 4 nitrogen and oxygen atoms in total. The summed E-state index contributed by atoms with van der Waals surface area (Å²) in [5, 5.41) is 0. The SMILES string of the molecule is CC1CN(C(=O)CC(N)C2CC2)CC(C)(C)O1. The molecule has 1 saturated carbocycles. The fraction of sp³-hybridized carbons (Fsp3) is 0.923. The van der Waals surface area contributed by atoms with Crippen molar-refractivity contribution in [3.8, 4) is 0 Å². The van der Waals surface area contributed by atoms with Gasteiger partial charge in [-0.25, -0.2) is 0 Å². The van der Waals surface area contributed by atoms with Gasteiger partial charge in [0.2, 0.25) is 5.91 Å². The molecule has 1 amide bonds. The topological polar surface area (TPSA) is 55.6 Å². The Labute approximate surface area is 103 Å². The van der Waals surface area contributed by atoms with Crippen molar-refractivity contribution in [1.29, 1.82) is 0 Å². The van der Waals surface area contributed by atoms with Crippen molar-refractivity contribution >= 4 is 5.91 Å². The highest BCUT2D eigenvalue weighted by atomic mass is 16.5. The lowest BCUT2D eigenvalue weighted by molar-refractivity contribution is -0.158. The zero-order valence-corrected chi connectivity index (χ0v) is 11.1. The second-order valence-electron chi connectivity index (χ2n) is 6.17. The zero-order valence-electron chi connectivity index (χ0n) is 11.1. The Bertz CT molecular complexity index is 300. The van der Waals surface area contributed by atoms with Crippen molar-refractivity contribution in [3.05, 3.63) is 0 Å². The predicted molar refractivity (Wildman–Crippen MR) is 66.5 cm³/mol. The molecule has 2 rings (SSSR count). The fourth-order valence-corrected chi connectivity index (χ4v) is 2.67. The number of carbonyl (C=O) groups excluding carboxylic acids is 1. The summed E-state index contributed by atoms with van der Waals surface area (Å²) in [6, 6.07) is 0.0590. The molecule has 98 valence electrons. The molecule has 0 spiro atoms. The molecule has 1 aliphatic carbocycles. The summed E-state index contributed by atoms with van der Waals surface area (Å²) < 4.78 is 5.79. The van der Waals surface area contributed by atoms with E-state index in [1.165, 1.54) is 12.8 Å². The normalized spacial score (nSPS) is 30.1. The van der Waals surface area contributed by atoms with E-state index in [4.69, 9.17) is 10.5 Å². The second-order valence-corrected chi connectivity index (χ2v) is 6.17. The van der Waals surface area contributed by atoms with Crippen LogP contribution < -0.4 is 5.73 Å². The molecule has 0 bridgehead atoms. The van der Waals surface area contributed by atoms with E-state index in [0.717, 1.165) is 0 Å². The molecule has 17 heavy (non-hydrogen) atoms. The zero-order chi connectivity index (χ0) is 12.6. The van der Waals surface area contributed by atoms with Crippen molar-refractivity contribution < 1.29 is 9.53 Å². The van der Waals surface area contributed by atoms with Crippen LogP contribution in [-0.4, -0.2) is 41.6 Å². The Morgan fingerprint density at radius 1 is 1.53 bits per heavy atom. The number of carbonyl (C=O) groups is 1. The van der Waals surface area contributed by atoms with Crippen LogP contribution in [0.4, 0.5) is 0 Å². The minimum atomic E-state index is -0.239. The van der Waals surface area contributed by atoms with Crippen molar-refractivity contribution in [2.24, 2.45) is 11.7 Å². The highest BCUT2D eigenvalue weighted by Gasteiger charge is 2.36. The first-order valence-electron chi connectivity index (χ1n) is 6.58. The maximum absolute atomic E-state index is 12.2. The third kappa shape index (κ3) is 3.42. The van der Waals surface area contributed by atoms with E-state index >= 15 is 0 Å². The highest BCUT2D eigenvalue weighted by Crippen LogP contribution is 2.33. The van der Waals surface area contributed by atoms with Gasteiger partial charge in [0.25, 0.3) is 0 Å². The van der Waals surface area contributed by atoms with Gasteiger partial charge < -0.3 is 15.4 Å². The predicted octanol–water partition coefficient (Wildman–Crippen LogP) is 1.14. The maximum atomic E-state index is 12.2. The highest BCUT2D eigenvalue weighted by molar-refractivity contribution is 5.77. The number of morpholine rings is 1. The summed E-state index contributed by atoms with van der Waals surface area (Å²) in [7, 11) is 0. The number of hydrogen-bond acceptors (Lipinski definition) is 3. The number of ether oxygens (including phenoxy) is 1. The number of amides is 1. The van der Waals surface area contributed by atoms with Gasteiger partial charge in [-0.2, -0.15) is 0 Å². The average molecular weight is 240 g/mol. The van der Waals surface area contributed by atoms with Crippen molar-refractivity contribution in [2.45, 2.75) is 57.8 Å². The van der Waals surface area contributed by atoms with E-state index in [9.17, 15) is 4.79 Å². The van der Waals surface area contributed by atoms with Crippen molar-refractivity contribution in [3.63, 3.8) is 0 Å². The van der Waals surface area contributed by atoms with Crippen LogP contribution in [0.3, 0.4) is 0 Å². The molecular weight excluding hydrogens is 216 g/mol. The van der Waals surface area contributed by atoms with Gasteiger partial charge >= 0.3 is 0 Å². The smallest absolute Gasteiger partial charge is 0.224 e. The first-order chi connectivity index (χ1) is 7.87. The Morgan fingerprint density at radius 3 is 2.71 bits per heavy atom. The van der Waals surface area contributed by atoms with E-state index < -0.39 is 0 Å². The van der Waals surface area contributed by atoms with Crippen molar-refractivity contribution in [1.82, 2.24) is 4.90 Å². The van der Waals surface area contributed by atoms with Crippen LogP contribution in [0.25, 0.3) is 0 Å². The van der Waals surface area contributed by atoms with Crippen LogP contribution in [0.5, 0.6) is 0 Å². The number of nitrogens with two attached hydrogens (primary N) is 1. The second kappa shape index (κ2) is 4.58. The van der Waals surface area contributed by atoms with Crippen LogP contribution in [0.1, 0.15) is 40.0 Å². The van der Waals surface area contributed by atoms with E-state index in [1.807, 2.05) is 25.7 Å². The molecule has 0 aromatic rings. The summed E-state index contributed by atoms with van der Waals surface area (Å²) in [6.07, 6.45) is 2.99. The van der Waals surface area contributed by atoms with Crippen LogP contribution in [0.15, 0.2) is 0 Å². The van der Waals surface area contributed by atoms with Crippen LogP contribution in [0.2, 0.25) is 0 Å². The maximum Gasteiger partial charge on any atom is 0.224 e. The number of hydrogen-bond donors (Lipinski definition) is 1. The molecule has 1 heterocycles. The molecule has 0 aromatic carbocycles. The summed E-state index contributed by atoms with van der Waals surface area (Å²) in [6.45, 7) is 7.45. The Kier molecular flexibility index (Phi) is 3.46. The van der Waals surface area contributed by atoms with E-state index in [-0.39, 0.29) is 23.7 Å². The lowest BCUT2D eigenvalue weighted by Crippen LogP contribution is -2.54. The molecule has 1 saturated heterocycles. The lowest BCUT2D eigenvalue weighted by atomic mass is 10.0. The fourth-order valence-electron chi connectivity index (χ4n) is 2.67. The van der Waals surface area contributed by atoms with Gasteiger partial charge in [0.15, 0.2) is 0 Å². The standard InChI is InChI=1S/C13H24N2O2/c1-9-7-15(8-13(2,3)17-9)12(16)6-11(14)10-4-5-10/h9-11H,4-8,14H2,1-3H3. The number of nitrogens with zero attached hydrogens (tertiary/aromatic N) is 1. The molecule has 2 aliphatic rings. The third-order valence-corrected chi connectivity index (χ3v) is 3.56. The first kappa shape index (κ1) is 12.8. The van der Waals surface area contributed by atoms with Crippen LogP contribution >= 0.6 is 0 Å². The summed E-state index contributed by atoms with van der Waals surface area (Å²) in [5.41, 5.74) is 5.77. The van der Waals surface area contributed by atoms with Gasteiger partial charge in [-0.05, 0) is 39.5 Å². The average Bonchev–Trinajstić information content (AvgIpc) is 2.96. The first-order valence-corrected chi connectivity index (χ1v) is 6.58. The molecule has 2 N–H and O–H groups in total. The molecule has 0 radical (unpaired) electrons. The van der Waals surface area contributed by atoms with E-state index in [0.29, 0.717) is 25.4 Å². The third-order valence-electron chi connectivity index (χ3n) is 3.56. The minimum Gasteiger partial charge on any atom is -0.369 e. The molecule has 2 fully saturated rings. The minimum absolute atomic E-state index is 0.0590. The van der Waals surface area contributed by atoms with Crippen molar-refractivity contribution in [2.75, 3.05) is 13.1 Å². The molecular formula is C13H24N2O2. The Balaban J connectivity index is 1.89. The van der Waals surface area contributed by atoms with Gasteiger partial charge in [-0.15, -0.1) is 0 Å². The Hall–Kier alpha value is -0.610. The van der Waals surface area contributed by atoms with Gasteiger partial charge in [-0.1, -0.05) is 0 Å². The molecule has 2 atom stereocenters. The Morgan fingerprint density at radius 2 is 2.18 bits per heavy atom. The molecule has 0 aromatic heterocycles. The van der Waals surface area contributed by atoms with Gasteiger partial charge in [0, 0.05) is 25.6 Å². The molecule has 1 aliphatic heterocycles. The quantitative estimate of drug-likeness (QED) is 0.805. The van der Waals surface area contributed by atoms with Gasteiger partial charge in [0.1, 0.15) is 0 Å². The van der Waals surface area contributed by atoms with Crippen LogP contribution in [-0.2, 0) is 9.53 Å². The lowest BCUT2D eigenvalue weighted by Gasteiger charge is -2.42. The summed E-state index contributed by atoms with van der Waals surface area (Å²) in [5.74, 6) is 0.776. The largest absolute Gasteiger partial charge is 0.369 e.